The van der Waals surface area contributed by atoms with Crippen molar-refractivity contribution in [3.63, 3.8) is 0 Å². The van der Waals surface area contributed by atoms with E-state index in [1.165, 1.54) is 71.6 Å². The van der Waals surface area contributed by atoms with Crippen LogP contribution in [0.2, 0.25) is 0 Å². The highest BCUT2D eigenvalue weighted by Crippen LogP contribution is 2.14. The van der Waals surface area contributed by atoms with Crippen LogP contribution in [0.25, 0.3) is 0 Å². The predicted molar refractivity (Wildman–Crippen MR) is 88.4 cm³/mol. The minimum Gasteiger partial charge on any atom is -0.425 e. The lowest BCUT2D eigenvalue weighted by Gasteiger charge is -2.16. The van der Waals surface area contributed by atoms with Crippen molar-refractivity contribution < 1.29 is 19.1 Å². The summed E-state index contributed by atoms with van der Waals surface area (Å²) in [6.07, 6.45) is 13.8. The van der Waals surface area contributed by atoms with Crippen LogP contribution in [-0.4, -0.2) is 18.2 Å². The molecule has 0 rings (SSSR count). The van der Waals surface area contributed by atoms with Crippen LogP contribution >= 0.6 is 0 Å². The molecule has 0 atom stereocenters. The molecule has 0 saturated carbocycles. The van der Waals surface area contributed by atoms with Crippen molar-refractivity contribution in [1.29, 1.82) is 0 Å². The second kappa shape index (κ2) is 14.9. The first-order valence-electron chi connectivity index (χ1n) is 8.90. The third-order valence-electron chi connectivity index (χ3n) is 3.64. The highest BCUT2D eigenvalue weighted by molar-refractivity contribution is 5.68. The lowest BCUT2D eigenvalue weighted by Crippen LogP contribution is -2.22. The molecule has 4 heteroatoms. The molecule has 0 heterocycles. The molecule has 0 aliphatic heterocycles. The van der Waals surface area contributed by atoms with Crippen LogP contribution in [-0.2, 0) is 19.1 Å². The Morgan fingerprint density at radius 1 is 0.682 bits per heavy atom. The van der Waals surface area contributed by atoms with Gasteiger partial charge in [0.1, 0.15) is 0 Å². The molecule has 0 amide bonds. The Morgan fingerprint density at radius 3 is 1.41 bits per heavy atom. The smallest absolute Gasteiger partial charge is 0.305 e. The molecule has 0 aromatic carbocycles. The summed E-state index contributed by atoms with van der Waals surface area (Å²) < 4.78 is 9.94. The zero-order valence-electron chi connectivity index (χ0n) is 14.7. The van der Waals surface area contributed by atoms with Crippen LogP contribution < -0.4 is 0 Å². The summed E-state index contributed by atoms with van der Waals surface area (Å²) in [5.74, 6) is -0.816. The number of ether oxygens (including phenoxy) is 2. The van der Waals surface area contributed by atoms with Crippen molar-refractivity contribution in [2.24, 2.45) is 0 Å². The summed E-state index contributed by atoms with van der Waals surface area (Å²) in [5.41, 5.74) is 0. The summed E-state index contributed by atoms with van der Waals surface area (Å²) in [5, 5.41) is 0. The van der Waals surface area contributed by atoms with Gasteiger partial charge in [-0.1, -0.05) is 71.1 Å². The second-order valence-electron chi connectivity index (χ2n) is 5.97. The number of unbranched alkanes of at least 4 members (excludes halogenated alkanes) is 10. The summed E-state index contributed by atoms with van der Waals surface area (Å²) in [6.45, 7) is 4.90. The molecule has 0 aliphatic carbocycles. The number of hydrogen-bond donors (Lipinski definition) is 0. The van der Waals surface area contributed by atoms with E-state index >= 15 is 0 Å². The molecule has 22 heavy (non-hydrogen) atoms. The molecule has 0 fully saturated rings. The lowest BCUT2D eigenvalue weighted by atomic mass is 10.1. The van der Waals surface area contributed by atoms with Crippen molar-refractivity contribution in [2.45, 2.75) is 104 Å². The third-order valence-corrected chi connectivity index (χ3v) is 3.64. The van der Waals surface area contributed by atoms with Gasteiger partial charge in [0.05, 0.1) is 0 Å². The van der Waals surface area contributed by atoms with Crippen molar-refractivity contribution >= 4 is 11.9 Å². The fraction of sp³-hybridized carbons (Fsp3) is 0.889. The molecular weight excluding hydrogens is 280 g/mol. The Labute approximate surface area is 135 Å². The van der Waals surface area contributed by atoms with Crippen LogP contribution in [0.1, 0.15) is 97.8 Å². The van der Waals surface area contributed by atoms with Crippen LogP contribution in [0.3, 0.4) is 0 Å². The third kappa shape index (κ3) is 15.3. The van der Waals surface area contributed by atoms with Crippen LogP contribution in [0.15, 0.2) is 0 Å². The van der Waals surface area contributed by atoms with E-state index in [0.717, 1.165) is 12.8 Å². The Hall–Kier alpha value is -1.06. The Bertz CT molecular complexity index is 273. The molecule has 0 N–H and O–H groups in total. The zero-order chi connectivity index (χ0) is 16.6. The first-order valence-corrected chi connectivity index (χ1v) is 8.90. The lowest BCUT2D eigenvalue weighted by molar-refractivity contribution is -0.185. The zero-order valence-corrected chi connectivity index (χ0v) is 14.7. The number of rotatable bonds is 14. The maximum atomic E-state index is 10.9. The van der Waals surface area contributed by atoms with Gasteiger partial charge < -0.3 is 9.47 Å². The molecule has 0 saturated heterocycles. The highest BCUT2D eigenvalue weighted by Gasteiger charge is 2.14. The molecule has 0 aromatic heterocycles. The van der Waals surface area contributed by atoms with Gasteiger partial charge in [0.25, 0.3) is 0 Å². The molecule has 0 unspecified atom stereocenters. The quantitative estimate of drug-likeness (QED) is 0.253. The van der Waals surface area contributed by atoms with E-state index in [-0.39, 0.29) is 0 Å². The van der Waals surface area contributed by atoms with E-state index < -0.39 is 18.2 Å². The topological polar surface area (TPSA) is 52.6 Å². The van der Waals surface area contributed by atoms with Gasteiger partial charge >= 0.3 is 11.9 Å². The average molecular weight is 314 g/mol. The first-order chi connectivity index (χ1) is 10.6. The molecule has 0 aliphatic rings. The largest absolute Gasteiger partial charge is 0.425 e. The Morgan fingerprint density at radius 2 is 1.05 bits per heavy atom. The van der Waals surface area contributed by atoms with E-state index in [2.05, 4.69) is 6.92 Å². The van der Waals surface area contributed by atoms with Crippen molar-refractivity contribution in [3.8, 4) is 0 Å². The molecule has 0 spiro atoms. The van der Waals surface area contributed by atoms with Crippen LogP contribution in [0, 0.1) is 0 Å². The minimum absolute atomic E-state index is 0.408. The normalized spacial score (nSPS) is 10.7. The minimum atomic E-state index is -0.714. The van der Waals surface area contributed by atoms with Gasteiger partial charge in [-0.05, 0) is 6.42 Å². The number of carbonyl (C=O) groups is 2. The Balaban J connectivity index is 3.45. The molecule has 4 nitrogen and oxygen atoms in total. The van der Waals surface area contributed by atoms with Gasteiger partial charge in [0, 0.05) is 20.3 Å². The second-order valence-corrected chi connectivity index (χ2v) is 5.97. The van der Waals surface area contributed by atoms with Crippen LogP contribution in [0.5, 0.6) is 0 Å². The molecule has 0 radical (unpaired) electrons. The first kappa shape index (κ1) is 20.9. The van der Waals surface area contributed by atoms with Crippen molar-refractivity contribution in [1.82, 2.24) is 0 Å². The summed E-state index contributed by atoms with van der Waals surface area (Å²) in [6, 6.07) is 0. The Kier molecular flexibility index (Phi) is 14.1. The maximum Gasteiger partial charge on any atom is 0.305 e. The van der Waals surface area contributed by atoms with Gasteiger partial charge in [-0.25, -0.2) is 0 Å². The molecule has 0 aromatic rings. The predicted octanol–water partition coefficient (Wildman–Crippen LogP) is 5.14. The van der Waals surface area contributed by atoms with E-state index in [1.54, 1.807) is 0 Å². The van der Waals surface area contributed by atoms with Gasteiger partial charge in [-0.15, -0.1) is 0 Å². The van der Waals surface area contributed by atoms with Gasteiger partial charge in [0.15, 0.2) is 0 Å². The van der Waals surface area contributed by atoms with Crippen molar-refractivity contribution in [2.75, 3.05) is 0 Å². The molecule has 130 valence electrons. The SMILES string of the molecule is CCCCCCCCCCCCCC(OC(C)=O)OC(C)=O. The summed E-state index contributed by atoms with van der Waals surface area (Å²) in [7, 11) is 0. The van der Waals surface area contributed by atoms with E-state index in [1.807, 2.05) is 0 Å². The molecular formula is C18H34O4. The number of hydrogen-bond acceptors (Lipinski definition) is 4. The van der Waals surface area contributed by atoms with E-state index in [0.29, 0.717) is 6.42 Å². The number of carbonyl (C=O) groups excluding carboxylic acids is 2. The molecule has 0 bridgehead atoms. The van der Waals surface area contributed by atoms with Gasteiger partial charge in [0.2, 0.25) is 6.29 Å². The van der Waals surface area contributed by atoms with Gasteiger partial charge in [-0.3, -0.25) is 9.59 Å². The summed E-state index contributed by atoms with van der Waals surface area (Å²) in [4.78, 5) is 21.8. The van der Waals surface area contributed by atoms with Crippen LogP contribution in [0.4, 0.5) is 0 Å². The summed E-state index contributed by atoms with van der Waals surface area (Å²) >= 11 is 0. The average Bonchev–Trinajstić information content (AvgIpc) is 2.43. The van der Waals surface area contributed by atoms with E-state index in [9.17, 15) is 9.59 Å². The maximum absolute atomic E-state index is 10.9. The monoisotopic (exact) mass is 314 g/mol. The standard InChI is InChI=1S/C18H34O4/c1-4-5-6-7-8-9-10-11-12-13-14-15-18(21-16(2)19)22-17(3)20/h18H,4-15H2,1-3H3. The fourth-order valence-electron chi connectivity index (χ4n) is 2.49. The number of esters is 2. The van der Waals surface area contributed by atoms with Crippen molar-refractivity contribution in [3.05, 3.63) is 0 Å². The fourth-order valence-corrected chi connectivity index (χ4v) is 2.49. The highest BCUT2D eigenvalue weighted by atomic mass is 16.7. The van der Waals surface area contributed by atoms with E-state index in [4.69, 9.17) is 9.47 Å². The van der Waals surface area contributed by atoms with Gasteiger partial charge in [-0.2, -0.15) is 0 Å².